The van der Waals surface area contributed by atoms with Gasteiger partial charge in [-0.15, -0.1) is 0 Å². The van der Waals surface area contributed by atoms with Crippen LogP contribution in [0.25, 0.3) is 0 Å². The number of aryl methyl sites for hydroxylation is 1. The fourth-order valence-electron chi connectivity index (χ4n) is 3.17. The van der Waals surface area contributed by atoms with Crippen molar-refractivity contribution in [2.24, 2.45) is 5.92 Å². The minimum Gasteiger partial charge on any atom is -0.481 e. The number of ether oxygens (including phenoxy) is 1. The summed E-state index contributed by atoms with van der Waals surface area (Å²) >= 11 is 0. The summed E-state index contributed by atoms with van der Waals surface area (Å²) in [7, 11) is 1.64. The van der Waals surface area contributed by atoms with Gasteiger partial charge in [-0.3, -0.25) is 14.4 Å². The Kier molecular flexibility index (Phi) is 5.65. The molecular weight excluding hydrogens is 318 g/mol. The molecule has 1 aliphatic rings. The number of piperidine rings is 1. The predicted octanol–water partition coefficient (Wildman–Crippen LogP) is 2.16. The lowest BCUT2D eigenvalue weighted by Gasteiger charge is -2.31. The molecule has 1 aliphatic heterocycles. The maximum Gasteiger partial charge on any atom is 0.227 e. The fourth-order valence-corrected chi connectivity index (χ4v) is 3.17. The lowest BCUT2D eigenvalue weighted by molar-refractivity contribution is -0.121. The molecular formula is C18H25N5O2. The number of hydrogen-bond donors (Lipinski definition) is 1. The van der Waals surface area contributed by atoms with Crippen LogP contribution in [-0.2, 0) is 17.9 Å². The molecule has 0 bridgehead atoms. The molecule has 3 rings (SSSR count). The largest absolute Gasteiger partial charge is 0.481 e. The number of anilines is 1. The number of nitrogens with zero attached hydrogens (tertiary/aromatic N) is 4. The minimum atomic E-state index is 0.0528. The summed E-state index contributed by atoms with van der Waals surface area (Å²) in [4.78, 5) is 19.0. The average Bonchev–Trinajstić information content (AvgIpc) is 3.10. The van der Waals surface area contributed by atoms with E-state index in [-0.39, 0.29) is 11.8 Å². The van der Waals surface area contributed by atoms with Crippen LogP contribution in [0.15, 0.2) is 30.7 Å². The number of pyridine rings is 1. The molecule has 3 heterocycles. The maximum atomic E-state index is 12.4. The maximum absolute atomic E-state index is 12.4. The van der Waals surface area contributed by atoms with Crippen molar-refractivity contribution in [3.8, 4) is 5.88 Å². The van der Waals surface area contributed by atoms with Crippen molar-refractivity contribution in [1.29, 1.82) is 0 Å². The third kappa shape index (κ3) is 4.36. The van der Waals surface area contributed by atoms with E-state index < -0.39 is 0 Å². The highest BCUT2D eigenvalue weighted by Gasteiger charge is 2.25. The zero-order valence-electron chi connectivity index (χ0n) is 14.8. The number of aromatic nitrogens is 3. The second kappa shape index (κ2) is 8.11. The van der Waals surface area contributed by atoms with Gasteiger partial charge in [0.25, 0.3) is 0 Å². The molecule has 1 fully saturated rings. The molecule has 1 amide bonds. The molecule has 0 aromatic carbocycles. The van der Waals surface area contributed by atoms with E-state index in [4.69, 9.17) is 4.74 Å². The van der Waals surface area contributed by atoms with Gasteiger partial charge in [-0.1, -0.05) is 6.07 Å². The van der Waals surface area contributed by atoms with Crippen LogP contribution in [-0.4, -0.2) is 45.8 Å². The highest BCUT2D eigenvalue weighted by Crippen LogP contribution is 2.23. The number of methoxy groups -OCH3 is 1. The Morgan fingerprint density at radius 3 is 2.88 bits per heavy atom. The Balaban J connectivity index is 1.50. The van der Waals surface area contributed by atoms with E-state index in [1.807, 2.05) is 25.3 Å². The number of nitrogens with one attached hydrogen (secondary N) is 1. The van der Waals surface area contributed by atoms with Crippen molar-refractivity contribution in [3.05, 3.63) is 36.3 Å². The molecule has 2 aromatic heterocycles. The molecule has 0 saturated carbocycles. The van der Waals surface area contributed by atoms with Crippen molar-refractivity contribution >= 4 is 11.6 Å². The number of rotatable bonds is 6. The third-order valence-corrected chi connectivity index (χ3v) is 4.62. The van der Waals surface area contributed by atoms with Crippen LogP contribution in [0, 0.1) is 5.92 Å². The smallest absolute Gasteiger partial charge is 0.227 e. The normalized spacial score (nSPS) is 15.9. The van der Waals surface area contributed by atoms with Crippen molar-refractivity contribution in [3.63, 3.8) is 0 Å². The van der Waals surface area contributed by atoms with E-state index in [0.717, 1.165) is 50.3 Å². The molecule has 0 spiro atoms. The van der Waals surface area contributed by atoms with Gasteiger partial charge in [0, 0.05) is 37.0 Å². The van der Waals surface area contributed by atoms with Gasteiger partial charge in [0.05, 0.1) is 19.0 Å². The van der Waals surface area contributed by atoms with E-state index in [1.54, 1.807) is 24.2 Å². The van der Waals surface area contributed by atoms with Gasteiger partial charge in [0.1, 0.15) is 0 Å². The molecule has 25 heavy (non-hydrogen) atoms. The van der Waals surface area contributed by atoms with Crippen LogP contribution in [0.4, 0.5) is 5.69 Å². The monoisotopic (exact) mass is 343 g/mol. The van der Waals surface area contributed by atoms with Crippen molar-refractivity contribution in [1.82, 2.24) is 19.7 Å². The summed E-state index contributed by atoms with van der Waals surface area (Å²) in [6.07, 6.45) is 7.01. The number of likely N-dealkylation sites (tertiary alicyclic amines) is 1. The Morgan fingerprint density at radius 1 is 1.40 bits per heavy atom. The van der Waals surface area contributed by atoms with Gasteiger partial charge in [-0.25, -0.2) is 4.98 Å². The fraction of sp³-hybridized carbons (Fsp3) is 0.500. The van der Waals surface area contributed by atoms with Crippen molar-refractivity contribution in [2.75, 3.05) is 25.5 Å². The molecule has 7 nitrogen and oxygen atoms in total. The Bertz CT molecular complexity index is 707. The molecule has 0 unspecified atom stereocenters. The number of carbonyl (C=O) groups is 1. The van der Waals surface area contributed by atoms with Crippen LogP contribution in [0.5, 0.6) is 5.88 Å². The average molecular weight is 343 g/mol. The molecule has 1 N–H and O–H groups in total. The molecule has 134 valence electrons. The second-order valence-corrected chi connectivity index (χ2v) is 6.30. The Hall–Kier alpha value is -2.41. The number of carbonyl (C=O) groups excluding carboxylic acids is 1. The Labute approximate surface area is 148 Å². The predicted molar refractivity (Wildman–Crippen MR) is 95.3 cm³/mol. The summed E-state index contributed by atoms with van der Waals surface area (Å²) < 4.78 is 7.12. The standard InChI is InChI=1S/C18H25N5O2/c1-3-23-13-16(11-20-23)21-17(24)14-6-9-22(10-7-14)12-15-5-4-8-19-18(15)25-2/h4-5,8,11,13-14H,3,6-7,9-10,12H2,1-2H3,(H,21,24). The molecule has 0 aliphatic carbocycles. The van der Waals surface area contributed by atoms with E-state index in [9.17, 15) is 4.79 Å². The quantitative estimate of drug-likeness (QED) is 0.870. The summed E-state index contributed by atoms with van der Waals surface area (Å²) in [6, 6.07) is 3.96. The second-order valence-electron chi connectivity index (χ2n) is 6.30. The van der Waals surface area contributed by atoms with E-state index in [2.05, 4.69) is 20.3 Å². The van der Waals surface area contributed by atoms with Gasteiger partial charge in [-0.05, 0) is 38.9 Å². The Morgan fingerprint density at radius 2 is 2.20 bits per heavy atom. The van der Waals surface area contributed by atoms with E-state index in [0.29, 0.717) is 5.88 Å². The topological polar surface area (TPSA) is 72.3 Å². The first-order valence-corrected chi connectivity index (χ1v) is 8.73. The summed E-state index contributed by atoms with van der Waals surface area (Å²) in [6.45, 7) is 5.40. The molecule has 1 saturated heterocycles. The van der Waals surface area contributed by atoms with Crippen LogP contribution in [0.3, 0.4) is 0 Å². The highest BCUT2D eigenvalue weighted by molar-refractivity contribution is 5.92. The third-order valence-electron chi connectivity index (χ3n) is 4.62. The molecule has 7 heteroatoms. The summed E-state index contributed by atoms with van der Waals surface area (Å²) in [5.41, 5.74) is 1.86. The van der Waals surface area contributed by atoms with Crippen LogP contribution >= 0.6 is 0 Å². The van der Waals surface area contributed by atoms with Crippen LogP contribution in [0.2, 0.25) is 0 Å². The van der Waals surface area contributed by atoms with Gasteiger partial charge >= 0.3 is 0 Å². The van der Waals surface area contributed by atoms with Crippen molar-refractivity contribution < 1.29 is 9.53 Å². The molecule has 0 radical (unpaired) electrons. The first-order chi connectivity index (χ1) is 12.2. The SMILES string of the molecule is CCn1cc(NC(=O)C2CCN(Cc3cccnc3OC)CC2)cn1. The highest BCUT2D eigenvalue weighted by atomic mass is 16.5. The van der Waals surface area contributed by atoms with Gasteiger partial charge in [0.15, 0.2) is 0 Å². The van der Waals surface area contributed by atoms with Crippen LogP contribution < -0.4 is 10.1 Å². The van der Waals surface area contributed by atoms with Gasteiger partial charge in [0.2, 0.25) is 11.8 Å². The lowest BCUT2D eigenvalue weighted by atomic mass is 9.95. The van der Waals surface area contributed by atoms with E-state index >= 15 is 0 Å². The molecule has 0 atom stereocenters. The lowest BCUT2D eigenvalue weighted by Crippen LogP contribution is -2.37. The zero-order chi connectivity index (χ0) is 17.6. The van der Waals surface area contributed by atoms with Gasteiger partial charge in [-0.2, -0.15) is 5.10 Å². The zero-order valence-corrected chi connectivity index (χ0v) is 14.8. The van der Waals surface area contributed by atoms with Crippen LogP contribution in [0.1, 0.15) is 25.3 Å². The minimum absolute atomic E-state index is 0.0528. The van der Waals surface area contributed by atoms with E-state index in [1.165, 1.54) is 0 Å². The molecule has 2 aromatic rings. The number of hydrogen-bond acceptors (Lipinski definition) is 5. The number of amides is 1. The summed E-state index contributed by atoms with van der Waals surface area (Å²) in [5, 5.41) is 7.16. The first-order valence-electron chi connectivity index (χ1n) is 8.73. The van der Waals surface area contributed by atoms with Gasteiger partial charge < -0.3 is 10.1 Å². The first kappa shape index (κ1) is 17.4. The van der Waals surface area contributed by atoms with Crippen molar-refractivity contribution in [2.45, 2.75) is 32.9 Å². The summed E-state index contributed by atoms with van der Waals surface area (Å²) in [5.74, 6) is 0.821.